The fraction of sp³-hybridized carbons (Fsp3) is 0.571. The smallest absolute Gasteiger partial charge is 0.371 e. The van der Waals surface area contributed by atoms with E-state index in [1.807, 2.05) is 11.9 Å². The fourth-order valence-corrected chi connectivity index (χ4v) is 3.17. The van der Waals surface area contributed by atoms with Crippen LogP contribution in [-0.4, -0.2) is 26.2 Å². The molecule has 0 saturated carbocycles. The Kier molecular flexibility index (Phi) is 4.64. The van der Waals surface area contributed by atoms with Crippen molar-refractivity contribution < 1.29 is 13.2 Å². The molecule has 112 valence electrons. The Balaban J connectivity index is 2.30. The number of piperidine rings is 1. The van der Waals surface area contributed by atoms with E-state index in [4.69, 9.17) is 0 Å². The minimum atomic E-state index is -4.33. The molecule has 2 unspecified atom stereocenters. The van der Waals surface area contributed by atoms with Gasteiger partial charge in [-0.25, -0.2) is 0 Å². The van der Waals surface area contributed by atoms with Crippen molar-refractivity contribution in [3.63, 3.8) is 0 Å². The van der Waals surface area contributed by atoms with Crippen LogP contribution in [0.4, 0.5) is 18.9 Å². The average molecular weight is 351 g/mol. The van der Waals surface area contributed by atoms with Crippen LogP contribution in [0.5, 0.6) is 0 Å². The summed E-state index contributed by atoms with van der Waals surface area (Å²) in [6.45, 7) is 3.34. The third-order valence-corrected chi connectivity index (χ3v) is 4.37. The van der Waals surface area contributed by atoms with Crippen LogP contribution in [0.15, 0.2) is 22.7 Å². The molecule has 0 aromatic heterocycles. The van der Waals surface area contributed by atoms with Crippen LogP contribution >= 0.6 is 15.9 Å². The second kappa shape index (κ2) is 5.93. The Morgan fingerprint density at radius 2 is 2.05 bits per heavy atom. The minimum Gasteiger partial charge on any atom is -0.371 e. The molecule has 2 nitrogen and oxygen atoms in total. The fourth-order valence-electron chi connectivity index (χ4n) is 2.80. The Bertz CT molecular complexity index is 476. The number of nitrogens with one attached hydrogen (secondary N) is 1. The van der Waals surface area contributed by atoms with Crippen LogP contribution in [0.3, 0.4) is 0 Å². The van der Waals surface area contributed by atoms with E-state index >= 15 is 0 Å². The second-order valence-corrected chi connectivity index (χ2v) is 6.18. The summed E-state index contributed by atoms with van der Waals surface area (Å²) in [5.74, 6) is 0.318. The molecule has 0 spiro atoms. The van der Waals surface area contributed by atoms with E-state index in [1.165, 1.54) is 0 Å². The summed E-state index contributed by atoms with van der Waals surface area (Å²) < 4.78 is 39.9. The predicted molar refractivity (Wildman–Crippen MR) is 78.0 cm³/mol. The van der Waals surface area contributed by atoms with Gasteiger partial charge in [0.15, 0.2) is 0 Å². The van der Waals surface area contributed by atoms with Crippen molar-refractivity contribution in [2.75, 3.05) is 25.0 Å². The Morgan fingerprint density at radius 3 is 2.60 bits per heavy atom. The number of hydrogen-bond acceptors (Lipinski definition) is 2. The lowest BCUT2D eigenvalue weighted by Gasteiger charge is -2.39. The van der Waals surface area contributed by atoms with Crippen LogP contribution in [0, 0.1) is 5.92 Å². The van der Waals surface area contributed by atoms with E-state index in [0.717, 1.165) is 12.5 Å². The first-order valence-electron chi connectivity index (χ1n) is 6.62. The van der Waals surface area contributed by atoms with Gasteiger partial charge >= 0.3 is 6.18 Å². The van der Waals surface area contributed by atoms with E-state index in [1.54, 1.807) is 12.1 Å². The average Bonchev–Trinajstić information content (AvgIpc) is 2.37. The van der Waals surface area contributed by atoms with Crippen LogP contribution in [-0.2, 0) is 6.18 Å². The molecular formula is C14H18BrF3N2. The van der Waals surface area contributed by atoms with Gasteiger partial charge in [-0.15, -0.1) is 0 Å². The molecule has 1 heterocycles. The number of benzene rings is 1. The lowest BCUT2D eigenvalue weighted by Crippen LogP contribution is -2.47. The topological polar surface area (TPSA) is 15.3 Å². The number of nitrogens with zero attached hydrogens (tertiary/aromatic N) is 1. The van der Waals surface area contributed by atoms with Crippen molar-refractivity contribution in [3.8, 4) is 0 Å². The van der Waals surface area contributed by atoms with Crippen LogP contribution < -0.4 is 10.2 Å². The van der Waals surface area contributed by atoms with Gasteiger partial charge in [0.2, 0.25) is 0 Å². The highest BCUT2D eigenvalue weighted by Gasteiger charge is 2.36. The molecule has 2 atom stereocenters. The minimum absolute atomic E-state index is 0.280. The molecule has 0 radical (unpaired) electrons. The van der Waals surface area contributed by atoms with Crippen LogP contribution in [0.25, 0.3) is 0 Å². The highest BCUT2D eigenvalue weighted by Crippen LogP contribution is 2.39. The maximum absolute atomic E-state index is 13.2. The standard InChI is InChI=1S/C14H18BrF3N2/c1-9-8-20(6-5-12(9)19-2)13-4-3-10(15)7-11(13)14(16,17)18/h3-4,7,9,12,19H,5-6,8H2,1-2H3. The Labute approximate surface area is 125 Å². The van der Waals surface area contributed by atoms with Crippen LogP contribution in [0.2, 0.25) is 0 Å². The Morgan fingerprint density at radius 1 is 1.35 bits per heavy atom. The molecular weight excluding hydrogens is 333 g/mol. The van der Waals surface area contributed by atoms with Gasteiger partial charge < -0.3 is 10.2 Å². The summed E-state index contributed by atoms with van der Waals surface area (Å²) in [5.41, 5.74) is -0.288. The van der Waals surface area contributed by atoms with Crippen LogP contribution in [0.1, 0.15) is 18.9 Å². The zero-order valence-electron chi connectivity index (χ0n) is 11.5. The first kappa shape index (κ1) is 15.6. The molecule has 0 amide bonds. The maximum Gasteiger partial charge on any atom is 0.418 e. The third-order valence-electron chi connectivity index (χ3n) is 3.88. The van der Waals surface area contributed by atoms with Gasteiger partial charge in [-0.05, 0) is 37.6 Å². The van der Waals surface area contributed by atoms with E-state index in [2.05, 4.69) is 28.2 Å². The van der Waals surface area contributed by atoms with Crippen molar-refractivity contribution in [2.45, 2.75) is 25.6 Å². The highest BCUT2D eigenvalue weighted by molar-refractivity contribution is 9.10. The number of anilines is 1. The van der Waals surface area contributed by atoms with Crippen molar-refractivity contribution >= 4 is 21.6 Å². The van der Waals surface area contributed by atoms with E-state index < -0.39 is 11.7 Å². The SMILES string of the molecule is CNC1CCN(c2ccc(Br)cc2C(F)(F)F)CC1C. The molecule has 1 aliphatic heterocycles. The van der Waals surface area contributed by atoms with Crippen molar-refractivity contribution in [3.05, 3.63) is 28.2 Å². The van der Waals surface area contributed by atoms with Gasteiger partial charge in [-0.1, -0.05) is 22.9 Å². The van der Waals surface area contributed by atoms with Crippen molar-refractivity contribution in [1.29, 1.82) is 0 Å². The first-order valence-corrected chi connectivity index (χ1v) is 7.41. The summed E-state index contributed by atoms with van der Waals surface area (Å²) in [5, 5.41) is 3.22. The zero-order chi connectivity index (χ0) is 14.9. The van der Waals surface area contributed by atoms with Gasteiger partial charge in [0.05, 0.1) is 5.56 Å². The number of rotatable bonds is 2. The maximum atomic E-state index is 13.2. The number of alkyl halides is 3. The molecule has 20 heavy (non-hydrogen) atoms. The van der Waals surface area contributed by atoms with E-state index in [0.29, 0.717) is 29.5 Å². The molecule has 1 saturated heterocycles. The van der Waals surface area contributed by atoms with E-state index in [9.17, 15) is 13.2 Å². The number of halogens is 4. The summed E-state index contributed by atoms with van der Waals surface area (Å²) in [7, 11) is 1.90. The summed E-state index contributed by atoms with van der Waals surface area (Å²) >= 11 is 3.12. The zero-order valence-corrected chi connectivity index (χ0v) is 13.1. The molecule has 0 aliphatic carbocycles. The van der Waals surface area contributed by atoms with Crippen molar-refractivity contribution in [1.82, 2.24) is 5.32 Å². The molecule has 2 rings (SSSR count). The van der Waals surface area contributed by atoms with E-state index in [-0.39, 0.29) is 5.69 Å². The molecule has 1 N–H and O–H groups in total. The second-order valence-electron chi connectivity index (χ2n) is 5.27. The third kappa shape index (κ3) is 3.28. The summed E-state index contributed by atoms with van der Waals surface area (Å²) in [6.07, 6.45) is -3.48. The molecule has 1 fully saturated rings. The largest absolute Gasteiger partial charge is 0.418 e. The van der Waals surface area contributed by atoms with Gasteiger partial charge in [-0.2, -0.15) is 13.2 Å². The van der Waals surface area contributed by atoms with Gasteiger partial charge in [0.1, 0.15) is 0 Å². The highest BCUT2D eigenvalue weighted by atomic mass is 79.9. The molecule has 1 aromatic carbocycles. The van der Waals surface area contributed by atoms with Gasteiger partial charge in [0, 0.05) is 29.3 Å². The summed E-state index contributed by atoms with van der Waals surface area (Å²) in [6, 6.07) is 4.75. The number of hydrogen-bond donors (Lipinski definition) is 1. The molecule has 1 aliphatic rings. The van der Waals surface area contributed by atoms with Crippen molar-refractivity contribution in [2.24, 2.45) is 5.92 Å². The molecule has 0 bridgehead atoms. The molecule has 1 aromatic rings. The monoisotopic (exact) mass is 350 g/mol. The summed E-state index contributed by atoms with van der Waals surface area (Å²) in [4.78, 5) is 1.84. The van der Waals surface area contributed by atoms with Gasteiger partial charge in [-0.3, -0.25) is 0 Å². The molecule has 6 heteroatoms. The van der Waals surface area contributed by atoms with Gasteiger partial charge in [0.25, 0.3) is 0 Å². The normalized spacial score (nSPS) is 24.0. The Hall–Kier alpha value is -0.750. The predicted octanol–water partition coefficient (Wildman–Crippen LogP) is 3.90. The quantitative estimate of drug-likeness (QED) is 0.869. The first-order chi connectivity index (χ1) is 9.32. The lowest BCUT2D eigenvalue weighted by atomic mass is 9.93. The lowest BCUT2D eigenvalue weighted by molar-refractivity contribution is -0.137.